The van der Waals surface area contributed by atoms with Crippen molar-refractivity contribution in [2.24, 2.45) is 0 Å². The molecule has 160 valence electrons. The Bertz CT molecular complexity index is 964. The predicted molar refractivity (Wildman–Crippen MR) is 119 cm³/mol. The molecule has 1 N–H and O–H groups in total. The van der Waals surface area contributed by atoms with Crippen LogP contribution in [0.5, 0.6) is 0 Å². The molecule has 1 fully saturated rings. The molecule has 1 aromatic heterocycles. The van der Waals surface area contributed by atoms with Crippen molar-refractivity contribution in [3.05, 3.63) is 95.9 Å². The molecular formula is C26H28N2O3. The minimum Gasteiger partial charge on any atom is -0.459 e. The summed E-state index contributed by atoms with van der Waals surface area (Å²) in [6.07, 6.45) is 6.37. The fourth-order valence-electron chi connectivity index (χ4n) is 4.24. The summed E-state index contributed by atoms with van der Waals surface area (Å²) in [6, 6.07) is 22.3. The molecule has 1 atom stereocenters. The Morgan fingerprint density at radius 1 is 0.935 bits per heavy atom. The lowest BCUT2D eigenvalue weighted by molar-refractivity contribution is -0.126. The first-order valence-corrected chi connectivity index (χ1v) is 11.0. The number of hydrogen-bond donors (Lipinski definition) is 1. The maximum Gasteiger partial charge on any atom is 0.290 e. The summed E-state index contributed by atoms with van der Waals surface area (Å²) in [4.78, 5) is 28.6. The lowest BCUT2D eigenvalue weighted by Crippen LogP contribution is -2.46. The molecule has 2 aromatic carbocycles. The van der Waals surface area contributed by atoms with Crippen molar-refractivity contribution >= 4 is 11.8 Å². The van der Waals surface area contributed by atoms with Crippen LogP contribution in [0.2, 0.25) is 0 Å². The van der Waals surface area contributed by atoms with Gasteiger partial charge in [0.15, 0.2) is 5.76 Å². The van der Waals surface area contributed by atoms with Gasteiger partial charge in [0, 0.05) is 12.6 Å². The quantitative estimate of drug-likeness (QED) is 0.576. The molecule has 0 radical (unpaired) electrons. The molecule has 5 nitrogen and oxygen atoms in total. The zero-order valence-corrected chi connectivity index (χ0v) is 17.6. The Hall–Kier alpha value is -3.34. The SMILES string of the molecule is O=C(NC1CCCC1)C(c1ccccc1)N(CCc1ccccc1)C(=O)c1ccco1. The minimum absolute atomic E-state index is 0.133. The summed E-state index contributed by atoms with van der Waals surface area (Å²) in [6.45, 7) is 0.404. The van der Waals surface area contributed by atoms with Gasteiger partial charge in [-0.2, -0.15) is 0 Å². The van der Waals surface area contributed by atoms with Gasteiger partial charge in [0.05, 0.1) is 6.26 Å². The standard InChI is InChI=1S/C26H28N2O3/c29-25(27-22-14-7-8-15-22)24(21-12-5-2-6-13-21)28(26(30)23-16-9-19-31-23)18-17-20-10-3-1-4-11-20/h1-6,9-13,16,19,22,24H,7-8,14-15,17-18H2,(H,27,29). The first-order chi connectivity index (χ1) is 15.2. The molecule has 0 spiro atoms. The third-order valence-corrected chi connectivity index (χ3v) is 5.85. The second-order valence-corrected chi connectivity index (χ2v) is 8.01. The zero-order valence-electron chi connectivity index (χ0n) is 17.6. The van der Waals surface area contributed by atoms with E-state index in [-0.39, 0.29) is 23.6 Å². The summed E-state index contributed by atoms with van der Waals surface area (Å²) in [5.41, 5.74) is 1.91. The average molecular weight is 417 g/mol. The van der Waals surface area contributed by atoms with E-state index in [1.807, 2.05) is 60.7 Å². The predicted octanol–water partition coefficient (Wildman–Crippen LogP) is 4.76. The molecule has 1 saturated carbocycles. The van der Waals surface area contributed by atoms with Crippen molar-refractivity contribution < 1.29 is 14.0 Å². The van der Waals surface area contributed by atoms with Gasteiger partial charge in [-0.3, -0.25) is 9.59 Å². The highest BCUT2D eigenvalue weighted by Gasteiger charge is 2.34. The number of rotatable bonds is 8. The maximum atomic E-state index is 13.5. The number of nitrogens with zero attached hydrogens (tertiary/aromatic N) is 1. The fraction of sp³-hybridized carbons (Fsp3) is 0.308. The molecule has 0 saturated heterocycles. The van der Waals surface area contributed by atoms with E-state index in [4.69, 9.17) is 4.42 Å². The van der Waals surface area contributed by atoms with Crippen LogP contribution in [0.3, 0.4) is 0 Å². The summed E-state index contributed by atoms with van der Waals surface area (Å²) < 4.78 is 5.40. The van der Waals surface area contributed by atoms with E-state index in [0.717, 1.165) is 36.8 Å². The maximum absolute atomic E-state index is 13.5. The first-order valence-electron chi connectivity index (χ1n) is 11.0. The van der Waals surface area contributed by atoms with E-state index in [0.29, 0.717) is 13.0 Å². The second-order valence-electron chi connectivity index (χ2n) is 8.01. The van der Waals surface area contributed by atoms with Crippen molar-refractivity contribution in [3.8, 4) is 0 Å². The minimum atomic E-state index is -0.719. The summed E-state index contributed by atoms with van der Waals surface area (Å²) >= 11 is 0. The Morgan fingerprint density at radius 2 is 1.61 bits per heavy atom. The fourth-order valence-corrected chi connectivity index (χ4v) is 4.24. The summed E-state index contributed by atoms with van der Waals surface area (Å²) in [7, 11) is 0. The number of nitrogens with one attached hydrogen (secondary N) is 1. The highest BCUT2D eigenvalue weighted by molar-refractivity contribution is 5.96. The Kier molecular flexibility index (Phi) is 6.82. The van der Waals surface area contributed by atoms with Gasteiger partial charge in [-0.25, -0.2) is 0 Å². The van der Waals surface area contributed by atoms with Crippen LogP contribution in [0, 0.1) is 0 Å². The van der Waals surface area contributed by atoms with Crippen LogP contribution in [0.25, 0.3) is 0 Å². The van der Waals surface area contributed by atoms with Crippen LogP contribution in [0.4, 0.5) is 0 Å². The van der Waals surface area contributed by atoms with Gasteiger partial charge in [-0.05, 0) is 42.5 Å². The number of amides is 2. The number of carbonyl (C=O) groups is 2. The molecule has 0 bridgehead atoms. The van der Waals surface area contributed by atoms with Crippen LogP contribution >= 0.6 is 0 Å². The Labute approximate surface area is 183 Å². The van der Waals surface area contributed by atoms with Crippen LogP contribution in [0.1, 0.15) is 53.4 Å². The van der Waals surface area contributed by atoms with Gasteiger partial charge >= 0.3 is 0 Å². The Morgan fingerprint density at radius 3 is 2.26 bits per heavy atom. The summed E-state index contributed by atoms with van der Waals surface area (Å²) in [5.74, 6) is -0.176. The van der Waals surface area contributed by atoms with Gasteiger partial charge < -0.3 is 14.6 Å². The summed E-state index contributed by atoms with van der Waals surface area (Å²) in [5, 5.41) is 3.19. The van der Waals surface area contributed by atoms with Gasteiger partial charge in [0.1, 0.15) is 6.04 Å². The van der Waals surface area contributed by atoms with Crippen LogP contribution in [-0.2, 0) is 11.2 Å². The van der Waals surface area contributed by atoms with Crippen LogP contribution in [0.15, 0.2) is 83.5 Å². The van der Waals surface area contributed by atoms with Crippen molar-refractivity contribution in [2.75, 3.05) is 6.54 Å². The molecule has 1 unspecified atom stereocenters. The second kappa shape index (κ2) is 10.1. The molecular weight excluding hydrogens is 388 g/mol. The largest absolute Gasteiger partial charge is 0.459 e. The van der Waals surface area contributed by atoms with E-state index in [1.165, 1.54) is 6.26 Å². The molecule has 31 heavy (non-hydrogen) atoms. The number of furan rings is 1. The molecule has 1 aliphatic rings. The smallest absolute Gasteiger partial charge is 0.290 e. The number of carbonyl (C=O) groups excluding carboxylic acids is 2. The van der Waals surface area contributed by atoms with Crippen molar-refractivity contribution in [2.45, 2.75) is 44.2 Å². The molecule has 2 amide bonds. The molecule has 1 aliphatic carbocycles. The van der Waals surface area contributed by atoms with E-state index >= 15 is 0 Å². The van der Waals surface area contributed by atoms with E-state index in [9.17, 15) is 9.59 Å². The molecule has 4 rings (SSSR count). The van der Waals surface area contributed by atoms with Crippen molar-refractivity contribution in [1.82, 2.24) is 10.2 Å². The van der Waals surface area contributed by atoms with Gasteiger partial charge in [-0.1, -0.05) is 73.5 Å². The third-order valence-electron chi connectivity index (χ3n) is 5.85. The molecule has 3 aromatic rings. The van der Waals surface area contributed by atoms with Crippen molar-refractivity contribution in [3.63, 3.8) is 0 Å². The third kappa shape index (κ3) is 5.23. The molecule has 1 heterocycles. The normalized spacial score (nSPS) is 14.8. The molecule has 5 heteroatoms. The Balaban J connectivity index is 1.65. The topological polar surface area (TPSA) is 62.6 Å². The van der Waals surface area contributed by atoms with Gasteiger partial charge in [0.25, 0.3) is 5.91 Å². The molecule has 0 aliphatic heterocycles. The highest BCUT2D eigenvalue weighted by Crippen LogP contribution is 2.26. The lowest BCUT2D eigenvalue weighted by Gasteiger charge is -2.32. The van der Waals surface area contributed by atoms with E-state index in [2.05, 4.69) is 5.32 Å². The van der Waals surface area contributed by atoms with Gasteiger partial charge in [0.2, 0.25) is 5.91 Å². The van der Waals surface area contributed by atoms with Crippen molar-refractivity contribution in [1.29, 1.82) is 0 Å². The highest BCUT2D eigenvalue weighted by atomic mass is 16.3. The number of benzene rings is 2. The van der Waals surface area contributed by atoms with E-state index < -0.39 is 6.04 Å². The lowest BCUT2D eigenvalue weighted by atomic mass is 10.0. The first kappa shape index (κ1) is 20.9. The monoisotopic (exact) mass is 416 g/mol. The number of hydrogen-bond acceptors (Lipinski definition) is 3. The zero-order chi connectivity index (χ0) is 21.5. The average Bonchev–Trinajstić information content (AvgIpc) is 3.52. The van der Waals surface area contributed by atoms with Gasteiger partial charge in [-0.15, -0.1) is 0 Å². The van der Waals surface area contributed by atoms with Crippen LogP contribution < -0.4 is 5.32 Å². The van der Waals surface area contributed by atoms with E-state index in [1.54, 1.807) is 17.0 Å². The van der Waals surface area contributed by atoms with Crippen LogP contribution in [-0.4, -0.2) is 29.3 Å².